The lowest BCUT2D eigenvalue weighted by molar-refractivity contribution is -0.127. The first-order chi connectivity index (χ1) is 8.16. The number of carbonyl (C=O) groups is 1. The summed E-state index contributed by atoms with van der Waals surface area (Å²) >= 11 is 0. The van der Waals surface area contributed by atoms with Crippen molar-refractivity contribution in [3.8, 4) is 6.07 Å². The third-order valence-corrected chi connectivity index (χ3v) is 2.74. The zero-order valence-corrected chi connectivity index (χ0v) is 9.39. The third-order valence-electron chi connectivity index (χ3n) is 2.74. The number of nitriles is 1. The van der Waals surface area contributed by atoms with Crippen molar-refractivity contribution in [2.24, 2.45) is 5.41 Å². The summed E-state index contributed by atoms with van der Waals surface area (Å²) in [6.45, 7) is 2.44. The van der Waals surface area contributed by atoms with Gasteiger partial charge in [-0.1, -0.05) is 5.10 Å². The Kier molecular flexibility index (Phi) is 3.06. The molecule has 1 saturated heterocycles. The highest BCUT2D eigenvalue weighted by molar-refractivity contribution is 5.95. The molecule has 1 N–H and O–H groups in total. The number of hydrogen-bond acceptors (Lipinski definition) is 6. The highest BCUT2D eigenvalue weighted by Crippen LogP contribution is 2.30. The maximum atomic E-state index is 12.0. The van der Waals surface area contributed by atoms with Crippen molar-refractivity contribution in [1.82, 2.24) is 10.2 Å². The molecule has 90 valence electrons. The van der Waals surface area contributed by atoms with Gasteiger partial charge >= 0.3 is 6.01 Å². The molecule has 17 heavy (non-hydrogen) atoms. The molecule has 1 amide bonds. The second kappa shape index (κ2) is 4.51. The highest BCUT2D eigenvalue weighted by atomic mass is 16.5. The SMILES string of the molecule is Cc1nnc(NC(=O)C2(C#N)CCOCC2)o1. The summed E-state index contributed by atoms with van der Waals surface area (Å²) in [7, 11) is 0. The quantitative estimate of drug-likeness (QED) is 0.808. The number of anilines is 1. The number of aryl methyl sites for hydroxylation is 1. The van der Waals surface area contributed by atoms with Crippen LogP contribution in [-0.2, 0) is 9.53 Å². The Labute approximate surface area is 97.8 Å². The molecule has 7 heteroatoms. The zero-order chi connectivity index (χ0) is 12.3. The van der Waals surface area contributed by atoms with Crippen LogP contribution < -0.4 is 5.32 Å². The summed E-state index contributed by atoms with van der Waals surface area (Å²) in [6, 6.07) is 2.08. The minimum absolute atomic E-state index is 0.0219. The van der Waals surface area contributed by atoms with Crippen LogP contribution in [0.4, 0.5) is 6.01 Å². The molecule has 0 spiro atoms. The lowest BCUT2D eigenvalue weighted by atomic mass is 9.81. The molecule has 0 aliphatic carbocycles. The highest BCUT2D eigenvalue weighted by Gasteiger charge is 2.41. The molecular formula is C10H12N4O3. The summed E-state index contributed by atoms with van der Waals surface area (Å²) in [5.74, 6) is -0.0507. The van der Waals surface area contributed by atoms with Gasteiger partial charge in [-0.15, -0.1) is 5.10 Å². The average Bonchev–Trinajstić information content (AvgIpc) is 2.75. The molecule has 0 aromatic carbocycles. The second-order valence-corrected chi connectivity index (χ2v) is 3.89. The van der Waals surface area contributed by atoms with Crippen LogP contribution in [0.2, 0.25) is 0 Å². The molecule has 1 aromatic heterocycles. The van der Waals surface area contributed by atoms with E-state index in [1.807, 2.05) is 0 Å². The minimum Gasteiger partial charge on any atom is -0.408 e. The second-order valence-electron chi connectivity index (χ2n) is 3.89. The van der Waals surface area contributed by atoms with Gasteiger partial charge in [0.25, 0.3) is 0 Å². The minimum atomic E-state index is -1.05. The van der Waals surface area contributed by atoms with E-state index in [2.05, 4.69) is 21.6 Å². The van der Waals surface area contributed by atoms with E-state index < -0.39 is 11.3 Å². The molecule has 1 aliphatic rings. The molecule has 0 radical (unpaired) electrons. The normalized spacial score (nSPS) is 18.4. The standard InChI is InChI=1S/C10H12N4O3/c1-7-13-14-9(17-7)12-8(15)10(6-11)2-4-16-5-3-10/h2-5H2,1H3,(H,12,14,15). The molecule has 7 nitrogen and oxygen atoms in total. The molecule has 2 rings (SSSR count). The van der Waals surface area contributed by atoms with E-state index in [1.54, 1.807) is 6.92 Å². The van der Waals surface area contributed by atoms with Gasteiger partial charge in [0.2, 0.25) is 11.8 Å². The van der Waals surface area contributed by atoms with Crippen molar-refractivity contribution >= 4 is 11.9 Å². The summed E-state index contributed by atoms with van der Waals surface area (Å²) in [4.78, 5) is 12.0. The van der Waals surface area contributed by atoms with E-state index in [9.17, 15) is 4.79 Å². The first kappa shape index (κ1) is 11.5. The lowest BCUT2D eigenvalue weighted by Gasteiger charge is -2.28. The predicted octanol–water partition coefficient (Wildman–Crippen LogP) is 0.637. The van der Waals surface area contributed by atoms with E-state index in [-0.39, 0.29) is 6.01 Å². The maximum Gasteiger partial charge on any atom is 0.322 e. The fourth-order valence-electron chi connectivity index (χ4n) is 1.67. The van der Waals surface area contributed by atoms with Crippen LogP contribution in [0, 0.1) is 23.7 Å². The van der Waals surface area contributed by atoms with Gasteiger partial charge in [-0.05, 0) is 12.8 Å². The van der Waals surface area contributed by atoms with Crippen molar-refractivity contribution in [1.29, 1.82) is 5.26 Å². The van der Waals surface area contributed by atoms with Crippen molar-refractivity contribution < 1.29 is 13.9 Å². The average molecular weight is 236 g/mol. The van der Waals surface area contributed by atoms with Gasteiger partial charge in [0.15, 0.2) is 0 Å². The smallest absolute Gasteiger partial charge is 0.322 e. The van der Waals surface area contributed by atoms with E-state index in [0.717, 1.165) is 0 Å². The van der Waals surface area contributed by atoms with E-state index in [4.69, 9.17) is 14.4 Å². The van der Waals surface area contributed by atoms with Gasteiger partial charge in [0.1, 0.15) is 5.41 Å². The zero-order valence-electron chi connectivity index (χ0n) is 9.39. The van der Waals surface area contributed by atoms with Crippen molar-refractivity contribution in [2.75, 3.05) is 18.5 Å². The molecular weight excluding hydrogens is 224 g/mol. The Morgan fingerprint density at radius 3 is 2.71 bits per heavy atom. The number of carbonyl (C=O) groups excluding carboxylic acids is 1. The number of amides is 1. The first-order valence-corrected chi connectivity index (χ1v) is 5.27. The number of nitrogens with one attached hydrogen (secondary N) is 1. The third kappa shape index (κ3) is 2.26. The monoisotopic (exact) mass is 236 g/mol. The molecule has 1 aliphatic heterocycles. The van der Waals surface area contributed by atoms with E-state index >= 15 is 0 Å². The number of aromatic nitrogens is 2. The summed E-state index contributed by atoms with van der Waals surface area (Å²) < 4.78 is 10.2. The van der Waals surface area contributed by atoms with Gasteiger partial charge < -0.3 is 9.15 Å². The molecule has 1 fully saturated rings. The Hall–Kier alpha value is -1.94. The van der Waals surface area contributed by atoms with E-state index in [0.29, 0.717) is 31.9 Å². The summed E-state index contributed by atoms with van der Waals surface area (Å²) in [6.07, 6.45) is 0.755. The van der Waals surface area contributed by atoms with Crippen molar-refractivity contribution in [2.45, 2.75) is 19.8 Å². The predicted molar refractivity (Wildman–Crippen MR) is 55.8 cm³/mol. The maximum absolute atomic E-state index is 12.0. The van der Waals surface area contributed by atoms with Crippen LogP contribution in [0.15, 0.2) is 4.42 Å². The van der Waals surface area contributed by atoms with Gasteiger partial charge in [-0.3, -0.25) is 10.1 Å². The van der Waals surface area contributed by atoms with Crippen LogP contribution in [0.1, 0.15) is 18.7 Å². The molecule has 0 atom stereocenters. The number of hydrogen-bond donors (Lipinski definition) is 1. The number of ether oxygens (including phenoxy) is 1. The van der Waals surface area contributed by atoms with Gasteiger partial charge in [-0.2, -0.15) is 5.26 Å². The fourth-order valence-corrected chi connectivity index (χ4v) is 1.67. The molecule has 0 bridgehead atoms. The van der Waals surface area contributed by atoms with Crippen LogP contribution in [0.25, 0.3) is 0 Å². The van der Waals surface area contributed by atoms with Crippen LogP contribution >= 0.6 is 0 Å². The van der Waals surface area contributed by atoms with Crippen LogP contribution in [0.5, 0.6) is 0 Å². The Morgan fingerprint density at radius 1 is 1.47 bits per heavy atom. The molecule has 0 unspecified atom stereocenters. The molecule has 0 saturated carbocycles. The van der Waals surface area contributed by atoms with Crippen LogP contribution in [0.3, 0.4) is 0 Å². The molecule has 2 heterocycles. The summed E-state index contributed by atoms with van der Waals surface area (Å²) in [5.41, 5.74) is -1.05. The number of rotatable bonds is 2. The Bertz CT molecular complexity index is 456. The number of nitrogens with zero attached hydrogens (tertiary/aromatic N) is 3. The van der Waals surface area contributed by atoms with Gasteiger partial charge in [-0.25, -0.2) is 0 Å². The lowest BCUT2D eigenvalue weighted by Crippen LogP contribution is -2.40. The first-order valence-electron chi connectivity index (χ1n) is 5.27. The molecule has 1 aromatic rings. The van der Waals surface area contributed by atoms with Crippen molar-refractivity contribution in [3.05, 3.63) is 5.89 Å². The van der Waals surface area contributed by atoms with Crippen LogP contribution in [-0.4, -0.2) is 29.3 Å². The Balaban J connectivity index is 2.10. The largest absolute Gasteiger partial charge is 0.408 e. The summed E-state index contributed by atoms with van der Waals surface area (Å²) in [5, 5.41) is 18.9. The fraction of sp³-hybridized carbons (Fsp3) is 0.600. The Morgan fingerprint density at radius 2 is 2.18 bits per heavy atom. The van der Waals surface area contributed by atoms with Crippen molar-refractivity contribution in [3.63, 3.8) is 0 Å². The van der Waals surface area contributed by atoms with Gasteiger partial charge in [0.05, 0.1) is 6.07 Å². The van der Waals surface area contributed by atoms with E-state index in [1.165, 1.54) is 0 Å². The van der Waals surface area contributed by atoms with Gasteiger partial charge in [0, 0.05) is 20.1 Å². The topological polar surface area (TPSA) is 101 Å².